The first kappa shape index (κ1) is 12.3. The lowest BCUT2D eigenvalue weighted by molar-refractivity contribution is -0.123. The van der Waals surface area contributed by atoms with Gasteiger partial charge < -0.3 is 15.8 Å². The van der Waals surface area contributed by atoms with Gasteiger partial charge in [-0.15, -0.1) is 0 Å². The zero-order valence-corrected chi connectivity index (χ0v) is 9.32. The number of amides is 2. The Morgan fingerprint density at radius 3 is 2.44 bits per heavy atom. The molecule has 0 aromatic heterocycles. The van der Waals surface area contributed by atoms with Crippen LogP contribution in [0, 0.1) is 0 Å². The molecule has 1 atom stereocenters. The molecule has 0 heterocycles. The molecule has 5 nitrogen and oxygen atoms in total. The van der Waals surface area contributed by atoms with E-state index in [0.29, 0.717) is 10.7 Å². The van der Waals surface area contributed by atoms with Crippen LogP contribution in [0.1, 0.15) is 6.92 Å². The van der Waals surface area contributed by atoms with E-state index in [0.717, 1.165) is 0 Å². The highest BCUT2D eigenvalue weighted by atomic mass is 35.5. The van der Waals surface area contributed by atoms with Gasteiger partial charge in [0.25, 0.3) is 5.91 Å². The van der Waals surface area contributed by atoms with Gasteiger partial charge in [0.05, 0.1) is 0 Å². The highest BCUT2D eigenvalue weighted by Crippen LogP contribution is 2.13. The number of hydrogen-bond donors (Lipinski definition) is 2. The third-order valence-electron chi connectivity index (χ3n) is 1.77. The Labute approximate surface area is 97.5 Å². The minimum Gasteiger partial charge on any atom is -0.437 e. The second-order valence-corrected chi connectivity index (χ2v) is 3.51. The molecule has 0 fully saturated rings. The van der Waals surface area contributed by atoms with Crippen molar-refractivity contribution in [2.75, 3.05) is 5.32 Å². The number of anilines is 1. The lowest BCUT2D eigenvalue weighted by Gasteiger charge is -2.11. The van der Waals surface area contributed by atoms with Crippen molar-refractivity contribution in [2.24, 2.45) is 5.73 Å². The van der Waals surface area contributed by atoms with Crippen molar-refractivity contribution >= 4 is 29.3 Å². The predicted molar refractivity (Wildman–Crippen MR) is 60.2 cm³/mol. The molecule has 0 saturated carbocycles. The molecule has 16 heavy (non-hydrogen) atoms. The van der Waals surface area contributed by atoms with Gasteiger partial charge >= 0.3 is 6.09 Å². The SMILES string of the molecule is CC(OC(N)=O)C(=O)Nc1ccc(Cl)cc1. The van der Waals surface area contributed by atoms with Crippen LogP contribution in [0.2, 0.25) is 5.02 Å². The highest BCUT2D eigenvalue weighted by molar-refractivity contribution is 6.30. The van der Waals surface area contributed by atoms with Crippen molar-refractivity contribution in [3.63, 3.8) is 0 Å². The van der Waals surface area contributed by atoms with Crippen molar-refractivity contribution in [1.29, 1.82) is 0 Å². The number of hydrogen-bond acceptors (Lipinski definition) is 3. The zero-order chi connectivity index (χ0) is 12.1. The number of carbonyl (C=O) groups excluding carboxylic acids is 2. The highest BCUT2D eigenvalue weighted by Gasteiger charge is 2.15. The lowest BCUT2D eigenvalue weighted by atomic mass is 10.3. The molecule has 1 aromatic rings. The summed E-state index contributed by atoms with van der Waals surface area (Å²) in [6.45, 7) is 1.43. The topological polar surface area (TPSA) is 81.4 Å². The molecule has 2 amide bonds. The van der Waals surface area contributed by atoms with Crippen molar-refractivity contribution < 1.29 is 14.3 Å². The quantitative estimate of drug-likeness (QED) is 0.847. The molecule has 0 radical (unpaired) electrons. The van der Waals surface area contributed by atoms with Crippen LogP contribution in [-0.4, -0.2) is 18.1 Å². The Hall–Kier alpha value is -1.75. The first-order chi connectivity index (χ1) is 7.49. The number of nitrogens with two attached hydrogens (primary N) is 1. The van der Waals surface area contributed by atoms with Gasteiger partial charge in [0, 0.05) is 10.7 Å². The average Bonchev–Trinajstić information content (AvgIpc) is 2.20. The van der Waals surface area contributed by atoms with Crippen LogP contribution in [0.3, 0.4) is 0 Å². The second kappa shape index (κ2) is 5.37. The maximum atomic E-state index is 11.5. The van der Waals surface area contributed by atoms with Crippen molar-refractivity contribution in [3.8, 4) is 0 Å². The Morgan fingerprint density at radius 2 is 1.94 bits per heavy atom. The Morgan fingerprint density at radius 1 is 1.38 bits per heavy atom. The maximum Gasteiger partial charge on any atom is 0.405 e. The van der Waals surface area contributed by atoms with Gasteiger partial charge in [-0.1, -0.05) is 11.6 Å². The number of carbonyl (C=O) groups is 2. The third kappa shape index (κ3) is 3.78. The molecule has 86 valence electrons. The van der Waals surface area contributed by atoms with Crippen LogP contribution >= 0.6 is 11.6 Å². The molecule has 0 aliphatic rings. The molecule has 0 spiro atoms. The second-order valence-electron chi connectivity index (χ2n) is 3.08. The van der Waals surface area contributed by atoms with Crippen molar-refractivity contribution in [2.45, 2.75) is 13.0 Å². The van der Waals surface area contributed by atoms with Gasteiger partial charge in [0.2, 0.25) is 0 Å². The molecular formula is C10H11ClN2O3. The molecular weight excluding hydrogens is 232 g/mol. The summed E-state index contributed by atoms with van der Waals surface area (Å²) in [7, 11) is 0. The van der Waals surface area contributed by atoms with Crippen LogP contribution < -0.4 is 11.1 Å². The van der Waals surface area contributed by atoms with Crippen LogP contribution in [0.25, 0.3) is 0 Å². The van der Waals surface area contributed by atoms with Gasteiger partial charge in [-0.3, -0.25) is 4.79 Å². The van der Waals surface area contributed by atoms with Crippen molar-refractivity contribution in [3.05, 3.63) is 29.3 Å². The number of rotatable bonds is 3. The number of nitrogens with one attached hydrogen (secondary N) is 1. The summed E-state index contributed by atoms with van der Waals surface area (Å²) >= 11 is 5.68. The summed E-state index contributed by atoms with van der Waals surface area (Å²) < 4.78 is 4.51. The van der Waals surface area contributed by atoms with Crippen LogP contribution in [0.4, 0.5) is 10.5 Å². The van der Waals surface area contributed by atoms with Crippen LogP contribution in [-0.2, 0) is 9.53 Å². The molecule has 6 heteroatoms. The first-order valence-corrected chi connectivity index (χ1v) is 4.89. The molecule has 1 rings (SSSR count). The zero-order valence-electron chi connectivity index (χ0n) is 8.57. The largest absolute Gasteiger partial charge is 0.437 e. The van der Waals surface area contributed by atoms with E-state index in [-0.39, 0.29) is 0 Å². The maximum absolute atomic E-state index is 11.5. The summed E-state index contributed by atoms with van der Waals surface area (Å²) in [5.41, 5.74) is 5.35. The Kier molecular flexibility index (Phi) is 4.13. The fourth-order valence-corrected chi connectivity index (χ4v) is 1.13. The lowest BCUT2D eigenvalue weighted by Crippen LogP contribution is -2.31. The summed E-state index contributed by atoms with van der Waals surface area (Å²) in [5.74, 6) is -0.457. The van der Waals surface area contributed by atoms with Gasteiger partial charge in [0.15, 0.2) is 6.10 Å². The van der Waals surface area contributed by atoms with Crippen LogP contribution in [0.15, 0.2) is 24.3 Å². The van der Waals surface area contributed by atoms with Gasteiger partial charge in [-0.05, 0) is 31.2 Å². The third-order valence-corrected chi connectivity index (χ3v) is 2.03. The minimum absolute atomic E-state index is 0.457. The smallest absolute Gasteiger partial charge is 0.405 e. The minimum atomic E-state index is -0.987. The number of benzene rings is 1. The summed E-state index contributed by atoms with van der Waals surface area (Å²) in [6.07, 6.45) is -1.92. The molecule has 0 bridgehead atoms. The molecule has 0 aliphatic heterocycles. The average molecular weight is 243 g/mol. The van der Waals surface area contributed by atoms with E-state index >= 15 is 0 Å². The fourth-order valence-electron chi connectivity index (χ4n) is 1.00. The molecule has 1 unspecified atom stereocenters. The van der Waals surface area contributed by atoms with Crippen molar-refractivity contribution in [1.82, 2.24) is 0 Å². The standard InChI is InChI=1S/C10H11ClN2O3/c1-6(16-10(12)15)9(14)13-8-4-2-7(11)3-5-8/h2-6H,1H3,(H2,12,15)(H,13,14). The number of ether oxygens (including phenoxy) is 1. The van der Waals surface area contributed by atoms with Crippen LogP contribution in [0.5, 0.6) is 0 Å². The Balaban J connectivity index is 2.57. The molecule has 0 aliphatic carbocycles. The first-order valence-electron chi connectivity index (χ1n) is 4.51. The summed E-state index contributed by atoms with van der Waals surface area (Å²) in [6, 6.07) is 6.54. The number of primary amides is 1. The van der Waals surface area contributed by atoms with Gasteiger partial charge in [-0.25, -0.2) is 4.79 Å². The van der Waals surface area contributed by atoms with E-state index in [9.17, 15) is 9.59 Å². The number of halogens is 1. The van der Waals surface area contributed by atoms with Gasteiger partial charge in [-0.2, -0.15) is 0 Å². The monoisotopic (exact) mass is 242 g/mol. The van der Waals surface area contributed by atoms with E-state index < -0.39 is 18.1 Å². The van der Waals surface area contributed by atoms with E-state index in [1.54, 1.807) is 24.3 Å². The summed E-state index contributed by atoms with van der Waals surface area (Å²) in [4.78, 5) is 21.9. The van der Waals surface area contributed by atoms with E-state index in [1.165, 1.54) is 6.92 Å². The van der Waals surface area contributed by atoms with Gasteiger partial charge in [0.1, 0.15) is 0 Å². The molecule has 0 saturated heterocycles. The van der Waals surface area contributed by atoms with E-state index in [4.69, 9.17) is 17.3 Å². The molecule has 3 N–H and O–H groups in total. The Bertz CT molecular complexity index is 392. The normalized spacial score (nSPS) is 11.6. The predicted octanol–water partition coefficient (Wildman–Crippen LogP) is 1.76. The van der Waals surface area contributed by atoms with E-state index in [1.807, 2.05) is 0 Å². The molecule has 1 aromatic carbocycles. The summed E-state index contributed by atoms with van der Waals surface area (Å²) in [5, 5.41) is 3.11. The van der Waals surface area contributed by atoms with E-state index in [2.05, 4.69) is 10.1 Å². The fraction of sp³-hybridized carbons (Fsp3) is 0.200.